The van der Waals surface area contributed by atoms with Crippen LogP contribution in [0, 0.1) is 11.3 Å². The van der Waals surface area contributed by atoms with Gasteiger partial charge in [0.1, 0.15) is 0 Å². The van der Waals surface area contributed by atoms with Crippen molar-refractivity contribution in [2.75, 3.05) is 6.61 Å². The van der Waals surface area contributed by atoms with Crippen molar-refractivity contribution in [3.63, 3.8) is 0 Å². The van der Waals surface area contributed by atoms with E-state index >= 15 is 0 Å². The van der Waals surface area contributed by atoms with Crippen molar-refractivity contribution < 1.29 is 10.2 Å². The Morgan fingerprint density at radius 2 is 2.29 bits per heavy atom. The molecule has 3 atom stereocenters. The highest BCUT2D eigenvalue weighted by atomic mass is 16.3. The Balaban J connectivity index is 2.20. The molecule has 2 nitrogen and oxygen atoms in total. The average Bonchev–Trinajstić information content (AvgIpc) is 2.20. The van der Waals surface area contributed by atoms with E-state index in [1.165, 1.54) is 24.8 Å². The molecule has 0 spiro atoms. The Bertz CT molecular complexity index is 247. The van der Waals surface area contributed by atoms with Crippen molar-refractivity contribution in [1.29, 1.82) is 0 Å². The van der Waals surface area contributed by atoms with E-state index in [4.69, 9.17) is 0 Å². The van der Waals surface area contributed by atoms with Gasteiger partial charge in [0.25, 0.3) is 0 Å². The molecule has 2 heteroatoms. The molecule has 0 aromatic rings. The first-order valence-electron chi connectivity index (χ1n) is 5.65. The minimum absolute atomic E-state index is 0.0917. The van der Waals surface area contributed by atoms with Crippen LogP contribution in [-0.4, -0.2) is 22.9 Å². The van der Waals surface area contributed by atoms with Crippen LogP contribution in [0.5, 0.6) is 0 Å². The zero-order chi connectivity index (χ0) is 10.2. The molecule has 80 valence electrons. The minimum atomic E-state index is -0.447. The molecule has 0 radical (unpaired) electrons. The molecule has 1 saturated carbocycles. The van der Waals surface area contributed by atoms with E-state index in [0.717, 1.165) is 12.8 Å². The number of rotatable bonds is 1. The van der Waals surface area contributed by atoms with Gasteiger partial charge in [0.05, 0.1) is 12.7 Å². The molecule has 0 aromatic heterocycles. The summed E-state index contributed by atoms with van der Waals surface area (Å²) in [4.78, 5) is 0. The minimum Gasteiger partial charge on any atom is -0.396 e. The lowest BCUT2D eigenvalue weighted by Crippen LogP contribution is -2.41. The molecule has 0 aliphatic heterocycles. The summed E-state index contributed by atoms with van der Waals surface area (Å²) in [6, 6.07) is 0. The van der Waals surface area contributed by atoms with Crippen LogP contribution in [0.15, 0.2) is 11.6 Å². The lowest BCUT2D eigenvalue weighted by atomic mass is 9.66. The zero-order valence-electron chi connectivity index (χ0n) is 8.87. The summed E-state index contributed by atoms with van der Waals surface area (Å²) in [5, 5.41) is 19.3. The van der Waals surface area contributed by atoms with Crippen LogP contribution in [0.25, 0.3) is 0 Å². The van der Waals surface area contributed by atoms with Crippen LogP contribution in [-0.2, 0) is 0 Å². The van der Waals surface area contributed by atoms with Gasteiger partial charge in [-0.1, -0.05) is 25.0 Å². The van der Waals surface area contributed by atoms with Gasteiger partial charge in [0.15, 0.2) is 0 Å². The first kappa shape index (κ1) is 10.2. The average molecular weight is 196 g/mol. The third-order valence-corrected chi connectivity index (χ3v) is 3.95. The molecule has 1 fully saturated rings. The number of aliphatic hydroxyl groups excluding tert-OH is 2. The fraction of sp³-hybridized carbons (Fsp3) is 0.833. The van der Waals surface area contributed by atoms with E-state index in [1.54, 1.807) is 0 Å². The number of hydrogen-bond donors (Lipinski definition) is 2. The van der Waals surface area contributed by atoms with Gasteiger partial charge >= 0.3 is 0 Å². The molecule has 0 bridgehead atoms. The molecule has 3 unspecified atom stereocenters. The molecule has 0 amide bonds. The topological polar surface area (TPSA) is 40.5 Å². The highest BCUT2D eigenvalue weighted by molar-refractivity contribution is 5.19. The van der Waals surface area contributed by atoms with Crippen LogP contribution in [0.4, 0.5) is 0 Å². The predicted molar refractivity (Wildman–Crippen MR) is 55.9 cm³/mol. The molecule has 0 heterocycles. The Kier molecular flexibility index (Phi) is 2.67. The largest absolute Gasteiger partial charge is 0.396 e. The number of allylic oxidation sites excluding steroid dienone is 1. The van der Waals surface area contributed by atoms with Crippen molar-refractivity contribution in [3.8, 4) is 0 Å². The van der Waals surface area contributed by atoms with E-state index in [1.807, 2.05) is 13.0 Å². The summed E-state index contributed by atoms with van der Waals surface area (Å²) in [5.74, 6) is 0.629. The molecule has 2 aliphatic carbocycles. The summed E-state index contributed by atoms with van der Waals surface area (Å²) in [6.07, 6.45) is 7.49. The van der Waals surface area contributed by atoms with Crippen LogP contribution in [0.3, 0.4) is 0 Å². The Morgan fingerprint density at radius 3 is 3.00 bits per heavy atom. The van der Waals surface area contributed by atoms with Gasteiger partial charge in [-0.2, -0.15) is 0 Å². The van der Waals surface area contributed by atoms with Gasteiger partial charge in [-0.25, -0.2) is 0 Å². The van der Waals surface area contributed by atoms with Crippen LogP contribution in [0.2, 0.25) is 0 Å². The standard InChI is InChI=1S/C12H20O2/c1-12(8-13)7-10-5-3-2-4-9(10)6-11(12)14/h6,10-11,13-14H,2-5,7-8H2,1H3. The van der Waals surface area contributed by atoms with Gasteiger partial charge in [0.2, 0.25) is 0 Å². The van der Waals surface area contributed by atoms with E-state index in [-0.39, 0.29) is 12.0 Å². The number of hydrogen-bond acceptors (Lipinski definition) is 2. The lowest BCUT2D eigenvalue weighted by molar-refractivity contribution is -0.00329. The van der Waals surface area contributed by atoms with Crippen LogP contribution >= 0.6 is 0 Å². The smallest absolute Gasteiger partial charge is 0.0799 e. The Hall–Kier alpha value is -0.340. The maximum atomic E-state index is 9.93. The summed E-state index contributed by atoms with van der Waals surface area (Å²) in [7, 11) is 0. The maximum absolute atomic E-state index is 9.93. The fourth-order valence-electron chi connectivity index (χ4n) is 2.81. The third-order valence-electron chi connectivity index (χ3n) is 3.95. The second-order valence-electron chi connectivity index (χ2n) is 5.15. The normalized spacial score (nSPS) is 42.9. The maximum Gasteiger partial charge on any atom is 0.0799 e. The van der Waals surface area contributed by atoms with Crippen molar-refractivity contribution in [2.45, 2.75) is 45.1 Å². The quantitative estimate of drug-likeness (QED) is 0.628. The van der Waals surface area contributed by atoms with Crippen molar-refractivity contribution in [1.82, 2.24) is 0 Å². The summed E-state index contributed by atoms with van der Waals surface area (Å²) >= 11 is 0. The lowest BCUT2D eigenvalue weighted by Gasteiger charge is -2.42. The van der Waals surface area contributed by atoms with Crippen molar-refractivity contribution in [2.24, 2.45) is 11.3 Å². The first-order valence-corrected chi connectivity index (χ1v) is 5.65. The SMILES string of the molecule is CC1(CO)CC2CCCCC2=CC1O. The highest BCUT2D eigenvalue weighted by Crippen LogP contribution is 2.44. The Labute approximate surface area is 85.6 Å². The molecular formula is C12H20O2. The molecule has 2 aliphatic rings. The molecule has 0 aromatic carbocycles. The fourth-order valence-corrected chi connectivity index (χ4v) is 2.81. The summed E-state index contributed by atoms with van der Waals surface area (Å²) in [6.45, 7) is 2.08. The van der Waals surface area contributed by atoms with E-state index < -0.39 is 6.10 Å². The predicted octanol–water partition coefficient (Wildman–Crippen LogP) is 1.87. The van der Waals surface area contributed by atoms with Gasteiger partial charge < -0.3 is 10.2 Å². The molecule has 2 rings (SSSR count). The first-order chi connectivity index (χ1) is 6.65. The van der Waals surface area contributed by atoms with E-state index in [9.17, 15) is 10.2 Å². The van der Waals surface area contributed by atoms with Crippen LogP contribution in [0.1, 0.15) is 39.0 Å². The molecular weight excluding hydrogens is 176 g/mol. The third kappa shape index (κ3) is 1.61. The molecule has 14 heavy (non-hydrogen) atoms. The second-order valence-corrected chi connectivity index (χ2v) is 5.15. The van der Waals surface area contributed by atoms with Gasteiger partial charge in [-0.05, 0) is 31.6 Å². The second kappa shape index (κ2) is 3.67. The van der Waals surface area contributed by atoms with Gasteiger partial charge in [0, 0.05) is 5.41 Å². The number of aliphatic hydroxyl groups is 2. The zero-order valence-corrected chi connectivity index (χ0v) is 8.87. The monoisotopic (exact) mass is 196 g/mol. The molecule has 0 saturated heterocycles. The summed E-state index contributed by atoms with van der Waals surface area (Å²) < 4.78 is 0. The number of fused-ring (bicyclic) bond motifs is 1. The van der Waals surface area contributed by atoms with E-state index in [2.05, 4.69) is 0 Å². The Morgan fingerprint density at radius 1 is 1.50 bits per heavy atom. The van der Waals surface area contributed by atoms with Gasteiger partial charge in [-0.15, -0.1) is 0 Å². The van der Waals surface area contributed by atoms with Crippen LogP contribution < -0.4 is 0 Å². The summed E-state index contributed by atoms with van der Waals surface area (Å²) in [5.41, 5.74) is 1.14. The molecule has 2 N–H and O–H groups in total. The van der Waals surface area contributed by atoms with Crippen molar-refractivity contribution in [3.05, 3.63) is 11.6 Å². The highest BCUT2D eigenvalue weighted by Gasteiger charge is 2.39. The van der Waals surface area contributed by atoms with Crippen molar-refractivity contribution >= 4 is 0 Å². The van der Waals surface area contributed by atoms with Gasteiger partial charge in [-0.3, -0.25) is 0 Å². The van der Waals surface area contributed by atoms with E-state index in [0.29, 0.717) is 5.92 Å².